The number of amides is 1. The Balaban J connectivity index is 1.69. The Morgan fingerprint density at radius 2 is 1.97 bits per heavy atom. The van der Waals surface area contributed by atoms with E-state index in [-0.39, 0.29) is 12.5 Å². The Morgan fingerprint density at radius 1 is 1.26 bits per heavy atom. The minimum Gasteiger partial charge on any atom is -0.493 e. The van der Waals surface area contributed by atoms with E-state index in [0.29, 0.717) is 11.5 Å². The zero-order valence-corrected chi connectivity index (χ0v) is 21.4. The van der Waals surface area contributed by atoms with Crippen molar-refractivity contribution < 1.29 is 14.3 Å². The number of anilines is 1. The van der Waals surface area contributed by atoms with Crippen molar-refractivity contribution in [2.45, 2.75) is 33.6 Å². The zero-order valence-electron chi connectivity index (χ0n) is 18.5. The third-order valence-corrected chi connectivity index (χ3v) is 7.07. The number of hydrogen-bond donors (Lipinski definition) is 1. The van der Waals surface area contributed by atoms with E-state index < -0.39 is 0 Å². The van der Waals surface area contributed by atoms with Crippen molar-refractivity contribution in [3.8, 4) is 11.5 Å². The normalized spacial score (nSPS) is 14.3. The van der Waals surface area contributed by atoms with Gasteiger partial charge in [-0.1, -0.05) is 31.3 Å². The standard InChI is InChI=1S/C24H29IN2O3S/c1-15-8-10-27(11-9-15)24(31)18-12-19(25)23(21(13-18)29-4)30-14-22(28)26-20-7-5-6-16(2)17(20)3/h5-7,12-13,15H,8-11,14H2,1-4H3,(H,26,28). The number of halogens is 1. The zero-order chi connectivity index (χ0) is 22.5. The number of rotatable bonds is 6. The van der Waals surface area contributed by atoms with E-state index in [2.05, 4.69) is 39.7 Å². The van der Waals surface area contributed by atoms with Crippen LogP contribution in [-0.4, -0.2) is 42.6 Å². The molecule has 0 saturated carbocycles. The highest BCUT2D eigenvalue weighted by atomic mass is 127. The molecule has 5 nitrogen and oxygen atoms in total. The van der Waals surface area contributed by atoms with Crippen molar-refractivity contribution in [1.29, 1.82) is 0 Å². The van der Waals surface area contributed by atoms with E-state index >= 15 is 0 Å². The second kappa shape index (κ2) is 10.6. The molecule has 1 amide bonds. The molecule has 0 spiro atoms. The van der Waals surface area contributed by atoms with Gasteiger partial charge in [0.1, 0.15) is 4.99 Å². The molecule has 166 valence electrons. The lowest BCUT2D eigenvalue weighted by atomic mass is 9.99. The third-order valence-electron chi connectivity index (χ3n) is 5.77. The number of carbonyl (C=O) groups is 1. The van der Waals surface area contributed by atoms with E-state index in [9.17, 15) is 4.79 Å². The topological polar surface area (TPSA) is 50.8 Å². The number of ether oxygens (including phenoxy) is 2. The molecule has 0 aliphatic carbocycles. The third kappa shape index (κ3) is 5.88. The lowest BCUT2D eigenvalue weighted by Gasteiger charge is -2.32. The number of aryl methyl sites for hydroxylation is 1. The molecule has 31 heavy (non-hydrogen) atoms. The minimum atomic E-state index is -0.214. The van der Waals surface area contributed by atoms with Gasteiger partial charge in [0.2, 0.25) is 0 Å². The fraction of sp³-hybridized carbons (Fsp3) is 0.417. The Hall–Kier alpha value is -1.87. The molecule has 2 aromatic rings. The van der Waals surface area contributed by atoms with Crippen molar-refractivity contribution in [1.82, 2.24) is 4.90 Å². The molecule has 1 aliphatic heterocycles. The van der Waals surface area contributed by atoms with E-state index in [1.54, 1.807) is 7.11 Å². The first-order valence-corrected chi connectivity index (χ1v) is 11.9. The Labute approximate surface area is 203 Å². The summed E-state index contributed by atoms with van der Waals surface area (Å²) >= 11 is 7.96. The molecule has 0 aromatic heterocycles. The fourth-order valence-corrected chi connectivity index (χ4v) is 4.65. The van der Waals surface area contributed by atoms with Crippen LogP contribution in [0.1, 0.15) is 36.5 Å². The fourth-order valence-electron chi connectivity index (χ4n) is 3.59. The Kier molecular flexibility index (Phi) is 8.16. The monoisotopic (exact) mass is 552 g/mol. The summed E-state index contributed by atoms with van der Waals surface area (Å²) in [6, 6.07) is 9.74. The summed E-state index contributed by atoms with van der Waals surface area (Å²) < 4.78 is 12.3. The number of methoxy groups -OCH3 is 1. The van der Waals surface area contributed by atoms with E-state index in [0.717, 1.165) is 62.8 Å². The molecule has 0 unspecified atom stereocenters. The van der Waals surface area contributed by atoms with Crippen LogP contribution in [0.25, 0.3) is 0 Å². The average Bonchev–Trinajstić information content (AvgIpc) is 2.75. The first-order valence-electron chi connectivity index (χ1n) is 10.5. The lowest BCUT2D eigenvalue weighted by Crippen LogP contribution is -2.37. The number of carbonyl (C=O) groups excluding carboxylic acids is 1. The number of nitrogens with one attached hydrogen (secondary N) is 1. The summed E-state index contributed by atoms with van der Waals surface area (Å²) in [6.45, 7) is 8.15. The van der Waals surface area contributed by atoms with Gasteiger partial charge in [0.15, 0.2) is 18.1 Å². The summed E-state index contributed by atoms with van der Waals surface area (Å²) in [5.41, 5.74) is 3.92. The van der Waals surface area contributed by atoms with Gasteiger partial charge in [0.05, 0.1) is 10.7 Å². The second-order valence-electron chi connectivity index (χ2n) is 8.05. The number of thiocarbonyl (C=S) groups is 1. The summed E-state index contributed by atoms with van der Waals surface area (Å²) in [5, 5.41) is 2.92. The average molecular weight is 552 g/mol. The van der Waals surface area contributed by atoms with Crippen LogP contribution in [-0.2, 0) is 4.79 Å². The molecule has 1 N–H and O–H groups in total. The molecule has 0 radical (unpaired) electrons. The molecule has 0 atom stereocenters. The van der Waals surface area contributed by atoms with Crippen LogP contribution < -0.4 is 14.8 Å². The number of piperidine rings is 1. The van der Waals surface area contributed by atoms with Crippen LogP contribution >= 0.6 is 34.8 Å². The number of nitrogens with zero attached hydrogens (tertiary/aromatic N) is 1. The predicted octanol–water partition coefficient (Wildman–Crippen LogP) is 5.34. The largest absolute Gasteiger partial charge is 0.493 e. The van der Waals surface area contributed by atoms with Gasteiger partial charge in [-0.25, -0.2) is 0 Å². The highest BCUT2D eigenvalue weighted by molar-refractivity contribution is 14.1. The summed E-state index contributed by atoms with van der Waals surface area (Å²) in [5.74, 6) is 1.67. The van der Waals surface area contributed by atoms with Gasteiger partial charge in [0, 0.05) is 24.3 Å². The molecule has 1 aliphatic rings. The van der Waals surface area contributed by atoms with Gasteiger partial charge in [0.25, 0.3) is 5.91 Å². The van der Waals surface area contributed by atoms with Crippen LogP contribution in [0.4, 0.5) is 5.69 Å². The second-order valence-corrected chi connectivity index (χ2v) is 9.60. The maximum Gasteiger partial charge on any atom is 0.262 e. The number of hydrogen-bond acceptors (Lipinski definition) is 4. The van der Waals surface area contributed by atoms with Gasteiger partial charge in [-0.05, 0) is 84.5 Å². The first-order chi connectivity index (χ1) is 14.8. The van der Waals surface area contributed by atoms with Gasteiger partial charge >= 0.3 is 0 Å². The lowest BCUT2D eigenvalue weighted by molar-refractivity contribution is -0.118. The van der Waals surface area contributed by atoms with E-state index in [1.165, 1.54) is 0 Å². The van der Waals surface area contributed by atoms with Crippen molar-refractivity contribution >= 4 is 51.4 Å². The van der Waals surface area contributed by atoms with E-state index in [1.807, 2.05) is 44.2 Å². The highest BCUT2D eigenvalue weighted by Gasteiger charge is 2.21. The van der Waals surface area contributed by atoms with Crippen LogP contribution in [0.3, 0.4) is 0 Å². The van der Waals surface area contributed by atoms with Crippen LogP contribution in [0.15, 0.2) is 30.3 Å². The molecule has 1 fully saturated rings. The molecule has 2 aromatic carbocycles. The smallest absolute Gasteiger partial charge is 0.262 e. The van der Waals surface area contributed by atoms with Gasteiger partial charge in [-0.15, -0.1) is 0 Å². The molecule has 1 heterocycles. The van der Waals surface area contributed by atoms with Crippen molar-refractivity contribution in [3.63, 3.8) is 0 Å². The summed E-state index contributed by atoms with van der Waals surface area (Å²) in [7, 11) is 1.60. The quantitative estimate of drug-likeness (QED) is 0.388. The SMILES string of the molecule is COc1cc(C(=S)N2CCC(C)CC2)cc(I)c1OCC(=O)Nc1cccc(C)c1C. The maximum absolute atomic E-state index is 12.5. The molecular formula is C24H29IN2O3S. The molecule has 7 heteroatoms. The molecule has 1 saturated heterocycles. The summed E-state index contributed by atoms with van der Waals surface area (Å²) in [6.07, 6.45) is 2.32. The Morgan fingerprint density at radius 3 is 2.65 bits per heavy atom. The van der Waals surface area contributed by atoms with Gasteiger partial charge in [-0.3, -0.25) is 4.79 Å². The van der Waals surface area contributed by atoms with E-state index in [4.69, 9.17) is 21.7 Å². The van der Waals surface area contributed by atoms with Crippen LogP contribution in [0, 0.1) is 23.3 Å². The number of benzene rings is 2. The summed E-state index contributed by atoms with van der Waals surface area (Å²) in [4.78, 5) is 15.6. The van der Waals surface area contributed by atoms with Crippen LogP contribution in [0.5, 0.6) is 11.5 Å². The van der Waals surface area contributed by atoms with Crippen molar-refractivity contribution in [2.24, 2.45) is 5.92 Å². The molecule has 0 bridgehead atoms. The molecular weight excluding hydrogens is 523 g/mol. The molecule has 3 rings (SSSR count). The predicted molar refractivity (Wildman–Crippen MR) is 137 cm³/mol. The Bertz CT molecular complexity index is 972. The van der Waals surface area contributed by atoms with Crippen molar-refractivity contribution in [3.05, 3.63) is 50.6 Å². The maximum atomic E-state index is 12.5. The first kappa shape index (κ1) is 23.8. The number of likely N-dealkylation sites (tertiary alicyclic amines) is 1. The van der Waals surface area contributed by atoms with Crippen molar-refractivity contribution in [2.75, 3.05) is 32.1 Å². The highest BCUT2D eigenvalue weighted by Crippen LogP contribution is 2.35. The minimum absolute atomic E-state index is 0.104. The van der Waals surface area contributed by atoms with Gasteiger partial charge < -0.3 is 19.7 Å². The van der Waals surface area contributed by atoms with Crippen LogP contribution in [0.2, 0.25) is 0 Å². The van der Waals surface area contributed by atoms with Gasteiger partial charge in [-0.2, -0.15) is 0 Å².